The van der Waals surface area contributed by atoms with Crippen LogP contribution in [0.1, 0.15) is 55.5 Å². The summed E-state index contributed by atoms with van der Waals surface area (Å²) in [7, 11) is 0. The van der Waals surface area contributed by atoms with E-state index in [0.29, 0.717) is 28.4 Å². The Bertz CT molecular complexity index is 1600. The zero-order chi connectivity index (χ0) is 25.8. The minimum absolute atomic E-state index is 0.0352. The molecule has 186 valence electrons. The van der Waals surface area contributed by atoms with E-state index in [4.69, 9.17) is 0 Å². The van der Waals surface area contributed by atoms with E-state index in [1.165, 1.54) is 11.5 Å². The number of aromatic hydroxyl groups is 2. The number of nitrogens with one attached hydrogen (secondary N) is 2. The first-order chi connectivity index (χ1) is 17.3. The Labute approximate surface area is 206 Å². The van der Waals surface area contributed by atoms with Crippen molar-refractivity contribution in [2.24, 2.45) is 5.10 Å². The first-order valence-corrected chi connectivity index (χ1v) is 11.9. The SMILES string of the molecule is CCCCCCn1c(=O)c(C(=O)NN=C(C)c2c(O)c3ccccc3[nH]c2=O)c(O)c2ccccc21. The summed E-state index contributed by atoms with van der Waals surface area (Å²) in [4.78, 5) is 41.5. The molecule has 0 saturated heterocycles. The molecule has 9 nitrogen and oxygen atoms in total. The zero-order valence-corrected chi connectivity index (χ0v) is 20.2. The first kappa shape index (κ1) is 24.7. The molecule has 0 fully saturated rings. The molecule has 0 unspecified atom stereocenters. The molecule has 0 saturated carbocycles. The highest BCUT2D eigenvalue weighted by atomic mass is 16.3. The minimum atomic E-state index is -0.915. The van der Waals surface area contributed by atoms with Gasteiger partial charge in [0.1, 0.15) is 22.6 Å². The Balaban J connectivity index is 1.71. The van der Waals surface area contributed by atoms with E-state index in [-0.39, 0.29) is 17.0 Å². The highest BCUT2D eigenvalue weighted by Gasteiger charge is 2.22. The molecule has 0 spiro atoms. The zero-order valence-electron chi connectivity index (χ0n) is 20.2. The van der Waals surface area contributed by atoms with Crippen LogP contribution in [0.2, 0.25) is 0 Å². The number of benzene rings is 2. The van der Waals surface area contributed by atoms with Crippen LogP contribution in [0.3, 0.4) is 0 Å². The molecule has 9 heteroatoms. The molecule has 2 aromatic carbocycles. The molecule has 0 aliphatic rings. The van der Waals surface area contributed by atoms with E-state index in [0.717, 1.165) is 25.7 Å². The molecule has 0 atom stereocenters. The average molecular weight is 489 g/mol. The largest absolute Gasteiger partial charge is 0.506 e. The average Bonchev–Trinajstić information content (AvgIpc) is 2.87. The summed E-state index contributed by atoms with van der Waals surface area (Å²) >= 11 is 0. The third-order valence-electron chi connectivity index (χ3n) is 6.19. The van der Waals surface area contributed by atoms with Gasteiger partial charge in [0.05, 0.1) is 16.7 Å². The van der Waals surface area contributed by atoms with Crippen LogP contribution in [0.15, 0.2) is 63.2 Å². The molecule has 36 heavy (non-hydrogen) atoms. The number of H-pyrrole nitrogens is 1. The summed E-state index contributed by atoms with van der Waals surface area (Å²) in [5.74, 6) is -1.62. The molecule has 4 rings (SSSR count). The van der Waals surface area contributed by atoms with Crippen molar-refractivity contribution in [3.63, 3.8) is 0 Å². The van der Waals surface area contributed by atoms with Crippen molar-refractivity contribution in [1.82, 2.24) is 15.0 Å². The predicted molar refractivity (Wildman–Crippen MR) is 140 cm³/mol. The van der Waals surface area contributed by atoms with Gasteiger partial charge in [0.15, 0.2) is 0 Å². The molecule has 0 aliphatic carbocycles. The van der Waals surface area contributed by atoms with Crippen molar-refractivity contribution in [3.05, 3.63) is 80.4 Å². The summed E-state index contributed by atoms with van der Waals surface area (Å²) < 4.78 is 1.50. The molecule has 2 heterocycles. The lowest BCUT2D eigenvalue weighted by atomic mass is 10.1. The lowest BCUT2D eigenvalue weighted by Crippen LogP contribution is -2.32. The van der Waals surface area contributed by atoms with E-state index in [9.17, 15) is 24.6 Å². The topological polar surface area (TPSA) is 137 Å². The highest BCUT2D eigenvalue weighted by Crippen LogP contribution is 2.27. The van der Waals surface area contributed by atoms with Crippen LogP contribution in [0.25, 0.3) is 21.8 Å². The van der Waals surface area contributed by atoms with Gasteiger partial charge < -0.3 is 19.8 Å². The number of hydrogen-bond acceptors (Lipinski definition) is 6. The van der Waals surface area contributed by atoms with Gasteiger partial charge in [-0.15, -0.1) is 0 Å². The third kappa shape index (κ3) is 4.59. The molecule has 2 aromatic heterocycles. The molecule has 0 radical (unpaired) electrons. The quantitative estimate of drug-likeness (QED) is 0.169. The van der Waals surface area contributed by atoms with Crippen LogP contribution < -0.4 is 16.5 Å². The van der Waals surface area contributed by atoms with Crippen LogP contribution in [0.5, 0.6) is 11.5 Å². The van der Waals surface area contributed by atoms with Gasteiger partial charge in [-0.25, -0.2) is 5.43 Å². The van der Waals surface area contributed by atoms with Crippen LogP contribution >= 0.6 is 0 Å². The monoisotopic (exact) mass is 488 g/mol. The van der Waals surface area contributed by atoms with Crippen LogP contribution in [-0.2, 0) is 6.54 Å². The Morgan fingerprint density at radius 1 is 0.944 bits per heavy atom. The third-order valence-corrected chi connectivity index (χ3v) is 6.19. The number of rotatable bonds is 8. The number of hydrazone groups is 1. The summed E-state index contributed by atoms with van der Waals surface area (Å²) in [6.07, 6.45) is 3.77. The number of aryl methyl sites for hydroxylation is 1. The maximum atomic E-state index is 13.3. The van der Waals surface area contributed by atoms with Crippen molar-refractivity contribution in [2.75, 3.05) is 0 Å². The van der Waals surface area contributed by atoms with E-state index < -0.39 is 28.3 Å². The van der Waals surface area contributed by atoms with Gasteiger partial charge in [-0.05, 0) is 37.6 Å². The van der Waals surface area contributed by atoms with Gasteiger partial charge in [0.2, 0.25) is 0 Å². The second-order valence-electron chi connectivity index (χ2n) is 8.62. The first-order valence-electron chi connectivity index (χ1n) is 11.9. The summed E-state index contributed by atoms with van der Waals surface area (Å²) in [6.45, 7) is 3.95. The lowest BCUT2D eigenvalue weighted by molar-refractivity contribution is 0.0950. The second kappa shape index (κ2) is 10.5. The number of para-hydroxylation sites is 2. The smallest absolute Gasteiger partial charge is 0.280 e. The molecule has 4 N–H and O–H groups in total. The molecule has 1 amide bonds. The number of aromatic amines is 1. The van der Waals surface area contributed by atoms with Gasteiger partial charge in [0.25, 0.3) is 17.0 Å². The fourth-order valence-corrected chi connectivity index (χ4v) is 4.32. The lowest BCUT2D eigenvalue weighted by Gasteiger charge is -2.14. The van der Waals surface area contributed by atoms with Crippen molar-refractivity contribution in [1.29, 1.82) is 0 Å². The molecular weight excluding hydrogens is 460 g/mol. The number of aromatic nitrogens is 2. The summed E-state index contributed by atoms with van der Waals surface area (Å²) in [6, 6.07) is 13.6. The van der Waals surface area contributed by atoms with E-state index in [1.54, 1.807) is 48.5 Å². The molecule has 0 bridgehead atoms. The van der Waals surface area contributed by atoms with Gasteiger partial charge in [-0.3, -0.25) is 14.4 Å². The Morgan fingerprint density at radius 2 is 1.61 bits per heavy atom. The highest BCUT2D eigenvalue weighted by molar-refractivity contribution is 6.07. The van der Waals surface area contributed by atoms with Crippen molar-refractivity contribution in [3.8, 4) is 11.5 Å². The minimum Gasteiger partial charge on any atom is -0.506 e. The van der Waals surface area contributed by atoms with Crippen molar-refractivity contribution in [2.45, 2.75) is 46.1 Å². The maximum Gasteiger partial charge on any atom is 0.280 e. The van der Waals surface area contributed by atoms with Gasteiger partial charge in [-0.2, -0.15) is 5.10 Å². The van der Waals surface area contributed by atoms with E-state index in [1.807, 2.05) is 0 Å². The van der Waals surface area contributed by atoms with Crippen LogP contribution in [-0.4, -0.2) is 31.4 Å². The number of fused-ring (bicyclic) bond motifs is 2. The van der Waals surface area contributed by atoms with E-state index in [2.05, 4.69) is 22.4 Å². The Hall–Kier alpha value is -4.40. The number of carbonyl (C=O) groups excluding carboxylic acids is 1. The summed E-state index contributed by atoms with van der Waals surface area (Å²) in [5, 5.41) is 26.2. The predicted octanol–water partition coefficient (Wildman–Crippen LogP) is 3.99. The van der Waals surface area contributed by atoms with E-state index >= 15 is 0 Å². The number of unbranched alkanes of at least 4 members (excludes halogenated alkanes) is 3. The van der Waals surface area contributed by atoms with Crippen molar-refractivity contribution < 1.29 is 15.0 Å². The van der Waals surface area contributed by atoms with Crippen molar-refractivity contribution >= 4 is 33.4 Å². The standard InChI is InChI=1S/C27H28N4O5/c1-3-4-5-10-15-31-20-14-9-7-12-18(20)24(33)22(27(31)36)26(35)30-29-16(2)21-23(32)17-11-6-8-13-19(17)28-25(21)34/h6-9,11-14,33H,3-5,10,15H2,1-2H3,(H,30,35)(H2,28,32,34). The van der Waals surface area contributed by atoms with Gasteiger partial charge >= 0.3 is 0 Å². The fraction of sp³-hybridized carbons (Fsp3) is 0.259. The number of carbonyl (C=O) groups is 1. The molecular formula is C27H28N4O5. The van der Waals surface area contributed by atoms with Gasteiger partial charge in [-0.1, -0.05) is 50.5 Å². The number of nitrogens with zero attached hydrogens (tertiary/aromatic N) is 2. The van der Waals surface area contributed by atoms with Crippen LogP contribution in [0.4, 0.5) is 0 Å². The fourth-order valence-electron chi connectivity index (χ4n) is 4.32. The Morgan fingerprint density at radius 3 is 2.36 bits per heavy atom. The number of amides is 1. The number of pyridine rings is 2. The Kier molecular flexibility index (Phi) is 7.19. The number of hydrogen-bond donors (Lipinski definition) is 4. The summed E-state index contributed by atoms with van der Waals surface area (Å²) in [5.41, 5.74) is 1.55. The van der Waals surface area contributed by atoms with Gasteiger partial charge in [0, 0.05) is 17.3 Å². The maximum absolute atomic E-state index is 13.3. The molecule has 4 aromatic rings. The normalized spacial score (nSPS) is 11.8. The second-order valence-corrected chi connectivity index (χ2v) is 8.62. The molecule has 0 aliphatic heterocycles. The van der Waals surface area contributed by atoms with Crippen LogP contribution in [0, 0.1) is 0 Å².